The first-order valence-corrected chi connectivity index (χ1v) is 6.33. The van der Waals surface area contributed by atoms with Crippen LogP contribution in [0, 0.1) is 11.3 Å². The number of urea groups is 1. The van der Waals surface area contributed by atoms with Crippen molar-refractivity contribution >= 4 is 29.3 Å². The first-order chi connectivity index (χ1) is 9.49. The number of nitrogens with one attached hydrogen (secondary N) is 1. The van der Waals surface area contributed by atoms with Crippen molar-refractivity contribution in [1.29, 1.82) is 5.26 Å². The second-order valence-electron chi connectivity index (χ2n) is 3.92. The predicted molar refractivity (Wildman–Crippen MR) is 74.9 cm³/mol. The molecule has 0 aliphatic carbocycles. The Morgan fingerprint density at radius 1 is 1.50 bits per heavy atom. The molecule has 0 saturated carbocycles. The fraction of sp³-hybridized carbons (Fsp3) is 0.308. The van der Waals surface area contributed by atoms with E-state index in [2.05, 4.69) is 5.32 Å². The molecule has 20 heavy (non-hydrogen) atoms. The Bertz CT molecular complexity index is 554. The van der Waals surface area contributed by atoms with Crippen LogP contribution in [0.2, 0.25) is 5.02 Å². The number of carbonyl (C=O) groups excluding carboxylic acids is 1. The molecule has 0 bridgehead atoms. The minimum atomic E-state index is -1.10. The Morgan fingerprint density at radius 3 is 2.75 bits per heavy atom. The van der Waals surface area contributed by atoms with E-state index >= 15 is 0 Å². The number of benzene rings is 1. The predicted octanol–water partition coefficient (Wildman–Crippen LogP) is 2.81. The molecule has 0 heterocycles. The van der Waals surface area contributed by atoms with Crippen LogP contribution in [0.25, 0.3) is 0 Å². The van der Waals surface area contributed by atoms with Gasteiger partial charge in [0, 0.05) is 13.1 Å². The zero-order valence-electron chi connectivity index (χ0n) is 10.9. The number of anilines is 1. The number of amides is 2. The molecule has 7 heteroatoms. The monoisotopic (exact) mass is 295 g/mol. The summed E-state index contributed by atoms with van der Waals surface area (Å²) in [5.41, 5.74) is 0.261. The van der Waals surface area contributed by atoms with E-state index in [1.165, 1.54) is 23.1 Å². The normalized spacial score (nSPS) is 9.65. The van der Waals surface area contributed by atoms with Crippen LogP contribution < -0.4 is 5.32 Å². The molecule has 106 valence electrons. The van der Waals surface area contributed by atoms with Crippen LogP contribution in [-0.4, -0.2) is 35.1 Å². The molecule has 0 atom stereocenters. The van der Waals surface area contributed by atoms with Gasteiger partial charge in [0.15, 0.2) is 0 Å². The van der Waals surface area contributed by atoms with Crippen molar-refractivity contribution < 1.29 is 14.7 Å². The molecule has 0 fully saturated rings. The van der Waals surface area contributed by atoms with Crippen LogP contribution in [0.1, 0.15) is 23.7 Å². The molecule has 0 aliphatic rings. The summed E-state index contributed by atoms with van der Waals surface area (Å²) >= 11 is 5.92. The first kappa shape index (κ1) is 15.8. The van der Waals surface area contributed by atoms with Crippen molar-refractivity contribution in [3.8, 4) is 6.07 Å². The lowest BCUT2D eigenvalue weighted by Crippen LogP contribution is -2.35. The molecule has 1 rings (SSSR count). The maximum absolute atomic E-state index is 12.0. The summed E-state index contributed by atoms with van der Waals surface area (Å²) in [5, 5.41) is 20.2. The lowest BCUT2D eigenvalue weighted by atomic mass is 10.2. The molecule has 2 N–H and O–H groups in total. The Labute approximate surface area is 121 Å². The van der Waals surface area contributed by atoms with Crippen LogP contribution in [0.5, 0.6) is 0 Å². The summed E-state index contributed by atoms with van der Waals surface area (Å²) in [5.74, 6) is -1.10. The van der Waals surface area contributed by atoms with Crippen molar-refractivity contribution in [2.75, 3.05) is 18.4 Å². The van der Waals surface area contributed by atoms with E-state index in [0.29, 0.717) is 13.1 Å². The van der Waals surface area contributed by atoms with Crippen molar-refractivity contribution in [2.45, 2.75) is 13.3 Å². The highest BCUT2D eigenvalue weighted by Gasteiger charge is 2.14. The molecule has 0 radical (unpaired) electrons. The zero-order chi connectivity index (χ0) is 15.1. The Morgan fingerprint density at radius 2 is 2.20 bits per heavy atom. The Hall–Kier alpha value is -2.26. The fourth-order valence-electron chi connectivity index (χ4n) is 1.54. The second kappa shape index (κ2) is 7.36. The third-order valence-electron chi connectivity index (χ3n) is 2.62. The second-order valence-corrected chi connectivity index (χ2v) is 4.32. The Balaban J connectivity index is 2.86. The van der Waals surface area contributed by atoms with Crippen LogP contribution in [0.4, 0.5) is 10.5 Å². The van der Waals surface area contributed by atoms with E-state index in [9.17, 15) is 9.59 Å². The third kappa shape index (κ3) is 4.14. The highest BCUT2D eigenvalue weighted by Crippen LogP contribution is 2.23. The lowest BCUT2D eigenvalue weighted by Gasteiger charge is -2.20. The van der Waals surface area contributed by atoms with Gasteiger partial charge in [-0.05, 0) is 25.1 Å². The van der Waals surface area contributed by atoms with Gasteiger partial charge < -0.3 is 15.3 Å². The molecule has 1 aromatic carbocycles. The van der Waals surface area contributed by atoms with E-state index in [-0.39, 0.29) is 22.7 Å². The summed E-state index contributed by atoms with van der Waals surface area (Å²) in [6, 6.07) is 5.59. The maximum Gasteiger partial charge on any atom is 0.335 e. The Kier molecular flexibility index (Phi) is 5.81. The number of nitriles is 1. The van der Waals surface area contributed by atoms with E-state index in [0.717, 1.165) is 0 Å². The van der Waals surface area contributed by atoms with Gasteiger partial charge in [-0.2, -0.15) is 5.26 Å². The van der Waals surface area contributed by atoms with Crippen molar-refractivity contribution in [1.82, 2.24) is 4.90 Å². The van der Waals surface area contributed by atoms with Crippen LogP contribution in [0.15, 0.2) is 18.2 Å². The van der Waals surface area contributed by atoms with Gasteiger partial charge >= 0.3 is 12.0 Å². The van der Waals surface area contributed by atoms with Gasteiger partial charge in [-0.3, -0.25) is 0 Å². The minimum absolute atomic E-state index is 0.0322. The average Bonchev–Trinajstić information content (AvgIpc) is 2.41. The summed E-state index contributed by atoms with van der Waals surface area (Å²) in [4.78, 5) is 24.3. The molecule has 2 amide bonds. The van der Waals surface area contributed by atoms with Crippen molar-refractivity contribution in [2.24, 2.45) is 0 Å². The van der Waals surface area contributed by atoms with Gasteiger partial charge in [0.1, 0.15) is 0 Å². The third-order valence-corrected chi connectivity index (χ3v) is 2.95. The minimum Gasteiger partial charge on any atom is -0.478 e. The number of rotatable bonds is 5. The number of aromatic carboxylic acids is 1. The molecular weight excluding hydrogens is 282 g/mol. The topological polar surface area (TPSA) is 93.4 Å². The summed E-state index contributed by atoms with van der Waals surface area (Å²) in [6.45, 7) is 2.52. The number of halogens is 1. The van der Waals surface area contributed by atoms with E-state index in [1.54, 1.807) is 6.92 Å². The number of carboxylic acids is 1. The number of carboxylic acid groups (broad SMARTS) is 1. The molecule has 1 aromatic rings. The van der Waals surface area contributed by atoms with Crippen molar-refractivity contribution in [3.05, 3.63) is 28.8 Å². The van der Waals surface area contributed by atoms with Gasteiger partial charge in [0.25, 0.3) is 0 Å². The fourth-order valence-corrected chi connectivity index (χ4v) is 1.70. The largest absolute Gasteiger partial charge is 0.478 e. The lowest BCUT2D eigenvalue weighted by molar-refractivity contribution is 0.0697. The molecule has 0 saturated heterocycles. The molecule has 0 unspecified atom stereocenters. The average molecular weight is 296 g/mol. The molecule has 0 aliphatic heterocycles. The molecular formula is C13H14ClN3O3. The zero-order valence-corrected chi connectivity index (χ0v) is 11.6. The number of carbonyl (C=O) groups is 2. The first-order valence-electron chi connectivity index (χ1n) is 5.95. The van der Waals surface area contributed by atoms with Gasteiger partial charge in [-0.1, -0.05) is 11.6 Å². The highest BCUT2D eigenvalue weighted by atomic mass is 35.5. The summed E-state index contributed by atoms with van der Waals surface area (Å²) in [7, 11) is 0. The summed E-state index contributed by atoms with van der Waals surface area (Å²) < 4.78 is 0. The van der Waals surface area contributed by atoms with Gasteiger partial charge in [0.2, 0.25) is 0 Å². The maximum atomic E-state index is 12.0. The standard InChI is InChI=1S/C13H14ClN3O3/c1-2-17(7-3-6-15)13(20)16-11-8-9(12(18)19)4-5-10(11)14/h4-5,8H,2-3,7H2,1H3,(H,16,20)(H,18,19). The van der Waals surface area contributed by atoms with E-state index in [4.69, 9.17) is 22.0 Å². The van der Waals surface area contributed by atoms with E-state index < -0.39 is 12.0 Å². The smallest absolute Gasteiger partial charge is 0.335 e. The van der Waals surface area contributed by atoms with Crippen LogP contribution in [0.3, 0.4) is 0 Å². The quantitative estimate of drug-likeness (QED) is 0.873. The van der Waals surface area contributed by atoms with Crippen LogP contribution >= 0.6 is 11.6 Å². The highest BCUT2D eigenvalue weighted by molar-refractivity contribution is 6.33. The van der Waals surface area contributed by atoms with E-state index in [1.807, 2.05) is 6.07 Å². The van der Waals surface area contributed by atoms with Crippen LogP contribution in [-0.2, 0) is 0 Å². The van der Waals surface area contributed by atoms with Crippen molar-refractivity contribution in [3.63, 3.8) is 0 Å². The van der Waals surface area contributed by atoms with Gasteiger partial charge in [-0.15, -0.1) is 0 Å². The molecule has 6 nitrogen and oxygen atoms in total. The summed E-state index contributed by atoms with van der Waals surface area (Å²) in [6.07, 6.45) is 0.226. The number of hydrogen-bond donors (Lipinski definition) is 2. The molecule has 0 aromatic heterocycles. The number of hydrogen-bond acceptors (Lipinski definition) is 3. The number of nitrogens with zero attached hydrogens (tertiary/aromatic N) is 2. The SMILES string of the molecule is CCN(CCC#N)C(=O)Nc1cc(C(=O)O)ccc1Cl. The van der Waals surface area contributed by atoms with Gasteiger partial charge in [-0.25, -0.2) is 9.59 Å². The molecule has 0 spiro atoms. The van der Waals surface area contributed by atoms with Gasteiger partial charge in [0.05, 0.1) is 28.8 Å².